The number of nitrogens with zero attached hydrogens (tertiary/aromatic N) is 2. The lowest BCUT2D eigenvalue weighted by Crippen LogP contribution is -2.20. The van der Waals surface area contributed by atoms with Crippen LogP contribution in [0.3, 0.4) is 0 Å². The maximum Gasteiger partial charge on any atom is 0.0774 e. The van der Waals surface area contributed by atoms with Crippen molar-refractivity contribution < 1.29 is 0 Å². The smallest absolute Gasteiger partial charge is 0.0774 e. The fourth-order valence-corrected chi connectivity index (χ4v) is 11.7. The Morgan fingerprint density at radius 2 is 1.25 bits per heavy atom. The number of hydrogen-bond donors (Lipinski definition) is 0. The van der Waals surface area contributed by atoms with Crippen molar-refractivity contribution in [3.05, 3.63) is 222 Å². The van der Waals surface area contributed by atoms with E-state index in [4.69, 9.17) is 0 Å². The van der Waals surface area contributed by atoms with Crippen LogP contribution in [0.5, 0.6) is 0 Å². The second kappa shape index (κ2) is 13.9. The van der Waals surface area contributed by atoms with Gasteiger partial charge in [0.15, 0.2) is 0 Å². The van der Waals surface area contributed by atoms with E-state index in [1.807, 2.05) is 23.1 Å². The molecule has 0 fully saturated rings. The Labute approximate surface area is 336 Å². The maximum absolute atomic E-state index is 2.64. The van der Waals surface area contributed by atoms with Gasteiger partial charge in [-0.05, 0) is 94.4 Å². The highest BCUT2D eigenvalue weighted by atomic mass is 32.2. The summed E-state index contributed by atoms with van der Waals surface area (Å²) in [7, 11) is 0. The van der Waals surface area contributed by atoms with Crippen LogP contribution >= 0.6 is 23.1 Å². The number of benzene rings is 7. The Morgan fingerprint density at radius 1 is 0.571 bits per heavy atom. The molecule has 2 nitrogen and oxygen atoms in total. The van der Waals surface area contributed by atoms with Gasteiger partial charge in [-0.15, -0.1) is 23.1 Å². The maximum atomic E-state index is 2.64. The van der Waals surface area contributed by atoms with Crippen LogP contribution in [0.15, 0.2) is 205 Å². The van der Waals surface area contributed by atoms with E-state index in [9.17, 15) is 0 Å². The molecule has 0 N–H and O–H groups in total. The van der Waals surface area contributed by atoms with Crippen LogP contribution in [0, 0.1) is 0 Å². The van der Waals surface area contributed by atoms with Crippen LogP contribution in [0.2, 0.25) is 0 Å². The monoisotopic (exact) mass is 754 g/mol. The first kappa shape index (κ1) is 33.3. The number of allylic oxidation sites excluding steroid dienone is 4. The number of thioether (sulfide) groups is 1. The fraction of sp³-hybridized carbons (Fsp3) is 0.0769. The van der Waals surface area contributed by atoms with Crippen molar-refractivity contribution in [3.63, 3.8) is 0 Å². The minimum Gasteiger partial charge on any atom is -0.331 e. The van der Waals surface area contributed by atoms with Gasteiger partial charge in [-0.2, -0.15) is 0 Å². The molecule has 0 radical (unpaired) electrons. The highest BCUT2D eigenvalue weighted by Gasteiger charge is 2.48. The summed E-state index contributed by atoms with van der Waals surface area (Å²) >= 11 is 3.99. The van der Waals surface area contributed by atoms with Crippen molar-refractivity contribution in [1.82, 2.24) is 0 Å². The Hall–Kier alpha value is -6.07. The second-order valence-electron chi connectivity index (χ2n) is 14.8. The molecule has 0 amide bonds. The molecule has 7 aromatic carbocycles. The van der Waals surface area contributed by atoms with E-state index in [0.717, 1.165) is 23.5 Å². The molecule has 3 unspecified atom stereocenters. The van der Waals surface area contributed by atoms with Gasteiger partial charge < -0.3 is 9.80 Å². The predicted molar refractivity (Wildman–Crippen MR) is 239 cm³/mol. The molecule has 4 heteroatoms. The number of anilines is 5. The average molecular weight is 755 g/mol. The standard InChI is InChI=1S/C52H38N2S2/c1-3-12-35(13-4-1)37-22-24-38(25-23-37)40-28-32-42(33-29-40)53(41-30-26-39(27-31-41)36-14-5-2-6-15-36)43-16-11-17-44(34-43)54-49-45-18-7-9-20-47(45)55-51(49)52-50(54)46-19-8-10-21-48(46)56-52/h1-22,24-34,37,49,51H,23H2. The third kappa shape index (κ3) is 5.71. The minimum absolute atomic E-state index is 0.244. The molecule has 2 aliphatic heterocycles. The van der Waals surface area contributed by atoms with Gasteiger partial charge in [0.25, 0.3) is 0 Å². The highest BCUT2D eigenvalue weighted by molar-refractivity contribution is 8.00. The Balaban J connectivity index is 0.994. The summed E-state index contributed by atoms with van der Waals surface area (Å²) in [5, 5.41) is 1.71. The minimum atomic E-state index is 0.244. The zero-order valence-electron chi connectivity index (χ0n) is 30.7. The molecule has 1 aromatic heterocycles. The molecule has 3 atom stereocenters. The van der Waals surface area contributed by atoms with Gasteiger partial charge in [0.2, 0.25) is 0 Å². The largest absolute Gasteiger partial charge is 0.331 e. The van der Waals surface area contributed by atoms with E-state index in [1.165, 1.54) is 64.6 Å². The van der Waals surface area contributed by atoms with Crippen LogP contribution in [0.25, 0.3) is 26.8 Å². The lowest BCUT2D eigenvalue weighted by molar-refractivity contribution is 0.741. The molecular formula is C52H38N2S2. The SMILES string of the molecule is C1=CC(c2ccccc2)CC=C1c1ccc(N(c2ccc(-c3ccccc3)cc2)c2cccc(N3c4c(sc5ccccc45)C4Sc5ccccc5C43)c2)cc1. The van der Waals surface area contributed by atoms with Crippen molar-refractivity contribution in [2.24, 2.45) is 0 Å². The quantitative estimate of drug-likeness (QED) is 0.160. The predicted octanol–water partition coefficient (Wildman–Crippen LogP) is 15.2. The van der Waals surface area contributed by atoms with Crippen molar-refractivity contribution in [1.29, 1.82) is 0 Å². The summed E-state index contributed by atoms with van der Waals surface area (Å²) in [6, 6.07) is 67.0. The van der Waals surface area contributed by atoms with Crippen molar-refractivity contribution in [2.45, 2.75) is 28.5 Å². The average Bonchev–Trinajstić information content (AvgIpc) is 3.93. The van der Waals surface area contributed by atoms with Gasteiger partial charge >= 0.3 is 0 Å². The van der Waals surface area contributed by atoms with E-state index >= 15 is 0 Å². The van der Waals surface area contributed by atoms with Crippen LogP contribution in [-0.2, 0) is 0 Å². The molecule has 268 valence electrons. The summed E-state index contributed by atoms with van der Waals surface area (Å²) in [5.74, 6) is 0.422. The van der Waals surface area contributed by atoms with Crippen molar-refractivity contribution >= 4 is 67.2 Å². The summed E-state index contributed by atoms with van der Waals surface area (Å²) in [4.78, 5) is 7.93. The summed E-state index contributed by atoms with van der Waals surface area (Å²) in [6.07, 6.45) is 8.05. The highest BCUT2D eigenvalue weighted by Crippen LogP contribution is 2.67. The topological polar surface area (TPSA) is 6.48 Å². The van der Waals surface area contributed by atoms with E-state index in [0.29, 0.717) is 11.2 Å². The molecule has 1 aliphatic carbocycles. The molecule has 0 saturated heterocycles. The van der Waals surface area contributed by atoms with Gasteiger partial charge in [0, 0.05) is 48.5 Å². The van der Waals surface area contributed by atoms with Gasteiger partial charge in [0.1, 0.15) is 0 Å². The lowest BCUT2D eigenvalue weighted by Gasteiger charge is -2.31. The molecule has 8 aromatic rings. The number of thiophene rings is 1. The van der Waals surface area contributed by atoms with E-state index in [1.54, 1.807) is 0 Å². The number of fused-ring (bicyclic) bond motifs is 7. The third-order valence-corrected chi connectivity index (χ3v) is 14.3. The first-order valence-electron chi connectivity index (χ1n) is 19.4. The molecule has 3 aliphatic rings. The molecule has 11 rings (SSSR count). The Bertz CT molecular complexity index is 2770. The van der Waals surface area contributed by atoms with Gasteiger partial charge in [-0.1, -0.05) is 146 Å². The Morgan fingerprint density at radius 3 is 2.02 bits per heavy atom. The van der Waals surface area contributed by atoms with Crippen molar-refractivity contribution in [3.8, 4) is 11.1 Å². The number of hydrogen-bond acceptors (Lipinski definition) is 4. The first-order chi connectivity index (χ1) is 27.8. The van der Waals surface area contributed by atoms with Crippen molar-refractivity contribution in [2.75, 3.05) is 9.80 Å². The lowest BCUT2D eigenvalue weighted by atomic mass is 9.88. The van der Waals surface area contributed by atoms with Gasteiger partial charge in [-0.25, -0.2) is 0 Å². The summed E-state index contributed by atoms with van der Waals surface area (Å²) < 4.78 is 1.35. The van der Waals surface area contributed by atoms with Crippen LogP contribution < -0.4 is 9.80 Å². The van der Waals surface area contributed by atoms with Gasteiger partial charge in [-0.3, -0.25) is 0 Å². The molecule has 0 saturated carbocycles. The van der Waals surface area contributed by atoms with Crippen LogP contribution in [0.1, 0.15) is 45.2 Å². The zero-order valence-corrected chi connectivity index (χ0v) is 32.3. The number of rotatable bonds is 7. The fourth-order valence-electron chi connectivity index (χ4n) is 8.84. The van der Waals surface area contributed by atoms with Crippen LogP contribution in [0.4, 0.5) is 28.4 Å². The zero-order chi connectivity index (χ0) is 37.0. The first-order valence-corrected chi connectivity index (χ1v) is 21.1. The Kier molecular flexibility index (Phi) is 8.26. The molecule has 3 heterocycles. The second-order valence-corrected chi connectivity index (χ2v) is 17.1. The van der Waals surface area contributed by atoms with E-state index in [2.05, 4.69) is 210 Å². The van der Waals surface area contributed by atoms with Gasteiger partial charge in [0.05, 0.1) is 17.0 Å². The van der Waals surface area contributed by atoms with Crippen LogP contribution in [-0.4, -0.2) is 0 Å². The summed E-state index contributed by atoms with van der Waals surface area (Å²) in [6.45, 7) is 0. The molecule has 56 heavy (non-hydrogen) atoms. The molecule has 0 bridgehead atoms. The molecule has 0 spiro atoms. The molecular weight excluding hydrogens is 717 g/mol. The normalized spacial score (nSPS) is 18.0. The van der Waals surface area contributed by atoms with E-state index in [-0.39, 0.29) is 6.04 Å². The summed E-state index contributed by atoms with van der Waals surface area (Å²) in [5.41, 5.74) is 13.7. The van der Waals surface area contributed by atoms with E-state index < -0.39 is 0 Å². The third-order valence-electron chi connectivity index (χ3n) is 11.5.